The number of aromatic nitrogens is 2. The quantitative estimate of drug-likeness (QED) is 0.287. The first-order chi connectivity index (χ1) is 16.9. The molecule has 0 aliphatic rings. The van der Waals surface area contributed by atoms with Crippen molar-refractivity contribution in [3.05, 3.63) is 104 Å². The van der Waals surface area contributed by atoms with Crippen molar-refractivity contribution in [3.8, 4) is 5.75 Å². The number of aromatic carboxylic acids is 1. The molecule has 7 nitrogen and oxygen atoms in total. The van der Waals surface area contributed by atoms with Gasteiger partial charge in [-0.25, -0.2) is 9.78 Å². The highest BCUT2D eigenvalue weighted by atomic mass is 79.9. The maximum atomic E-state index is 13.3. The number of benzene rings is 3. The van der Waals surface area contributed by atoms with E-state index < -0.39 is 5.97 Å². The monoisotopic (exact) mass is 533 g/mol. The first-order valence-electron chi connectivity index (χ1n) is 11.2. The van der Waals surface area contributed by atoms with Crippen LogP contribution in [0.15, 0.2) is 81.1 Å². The minimum Gasteiger partial charge on any atom is -0.488 e. The normalized spacial score (nSPS) is 12.2. The number of rotatable bonds is 8. The van der Waals surface area contributed by atoms with E-state index in [-0.39, 0.29) is 23.6 Å². The SMILES string of the molecule is CC[C@@H](C)c1nc2ccc(Br)cc2c(=O)n1N=Cc1ccccc1OCc1cccc(C(=O)O)c1. The third-order valence-corrected chi connectivity index (χ3v) is 6.18. The summed E-state index contributed by atoms with van der Waals surface area (Å²) in [5.41, 5.74) is 2.00. The minimum atomic E-state index is -0.988. The summed E-state index contributed by atoms with van der Waals surface area (Å²) in [6, 6.07) is 19.4. The van der Waals surface area contributed by atoms with E-state index in [9.17, 15) is 14.7 Å². The third kappa shape index (κ3) is 5.49. The molecule has 0 fully saturated rings. The number of nitrogens with zero attached hydrogens (tertiary/aromatic N) is 3. The molecule has 0 unspecified atom stereocenters. The van der Waals surface area contributed by atoms with Gasteiger partial charge in [0.15, 0.2) is 0 Å². The van der Waals surface area contributed by atoms with Crippen LogP contribution in [0.2, 0.25) is 0 Å². The van der Waals surface area contributed by atoms with E-state index in [1.807, 2.05) is 44.2 Å². The molecule has 0 bridgehead atoms. The highest BCUT2D eigenvalue weighted by Crippen LogP contribution is 2.22. The van der Waals surface area contributed by atoms with Crippen molar-refractivity contribution in [3.63, 3.8) is 0 Å². The van der Waals surface area contributed by atoms with Crippen LogP contribution in [0.25, 0.3) is 10.9 Å². The topological polar surface area (TPSA) is 93.8 Å². The van der Waals surface area contributed by atoms with Crippen LogP contribution in [-0.2, 0) is 6.61 Å². The Hall–Kier alpha value is -3.78. The van der Waals surface area contributed by atoms with Gasteiger partial charge in [0.25, 0.3) is 5.56 Å². The summed E-state index contributed by atoms with van der Waals surface area (Å²) in [7, 11) is 0. The average molecular weight is 534 g/mol. The molecule has 1 heterocycles. The first-order valence-corrected chi connectivity index (χ1v) is 12.0. The second kappa shape index (κ2) is 10.7. The van der Waals surface area contributed by atoms with Crippen LogP contribution in [0.3, 0.4) is 0 Å². The summed E-state index contributed by atoms with van der Waals surface area (Å²) in [5, 5.41) is 14.2. The van der Waals surface area contributed by atoms with Gasteiger partial charge in [-0.05, 0) is 54.4 Å². The number of halogens is 1. The van der Waals surface area contributed by atoms with Gasteiger partial charge in [0.1, 0.15) is 18.2 Å². The number of carbonyl (C=O) groups is 1. The van der Waals surface area contributed by atoms with Gasteiger partial charge in [0.2, 0.25) is 0 Å². The maximum Gasteiger partial charge on any atom is 0.335 e. The Balaban J connectivity index is 1.68. The van der Waals surface area contributed by atoms with Gasteiger partial charge in [0.05, 0.1) is 22.7 Å². The summed E-state index contributed by atoms with van der Waals surface area (Å²) < 4.78 is 8.12. The van der Waals surface area contributed by atoms with Gasteiger partial charge >= 0.3 is 5.97 Å². The Bertz CT molecular complexity index is 1480. The maximum absolute atomic E-state index is 13.3. The molecule has 0 saturated carbocycles. The summed E-state index contributed by atoms with van der Waals surface area (Å²) in [5.74, 6) is 0.193. The van der Waals surface area contributed by atoms with E-state index in [1.54, 1.807) is 36.5 Å². The highest BCUT2D eigenvalue weighted by molar-refractivity contribution is 9.10. The number of carboxylic acids is 1. The van der Waals surface area contributed by atoms with Crippen LogP contribution in [-0.4, -0.2) is 27.0 Å². The molecule has 8 heteroatoms. The van der Waals surface area contributed by atoms with Crippen LogP contribution in [0.1, 0.15) is 53.5 Å². The summed E-state index contributed by atoms with van der Waals surface area (Å²) in [6.07, 6.45) is 2.39. The number of para-hydroxylation sites is 1. The molecule has 4 rings (SSSR count). The predicted molar refractivity (Wildman–Crippen MR) is 140 cm³/mol. The Kier molecular flexibility index (Phi) is 7.41. The lowest BCUT2D eigenvalue weighted by atomic mass is 10.1. The molecule has 0 spiro atoms. The zero-order chi connectivity index (χ0) is 24.9. The van der Waals surface area contributed by atoms with Crippen molar-refractivity contribution in [1.29, 1.82) is 0 Å². The van der Waals surface area contributed by atoms with Gasteiger partial charge in [-0.15, -0.1) is 0 Å². The van der Waals surface area contributed by atoms with Crippen LogP contribution >= 0.6 is 15.9 Å². The number of carboxylic acid groups (broad SMARTS) is 1. The molecular formula is C27H24BrN3O4. The molecule has 0 radical (unpaired) electrons. The Morgan fingerprint density at radius 2 is 1.97 bits per heavy atom. The van der Waals surface area contributed by atoms with Crippen LogP contribution in [0, 0.1) is 0 Å². The molecular weight excluding hydrogens is 510 g/mol. The summed E-state index contributed by atoms with van der Waals surface area (Å²) in [6.45, 7) is 4.25. The molecule has 0 saturated heterocycles. The van der Waals surface area contributed by atoms with Gasteiger partial charge in [-0.1, -0.05) is 54.0 Å². The van der Waals surface area contributed by atoms with E-state index in [0.717, 1.165) is 16.5 Å². The number of hydrogen-bond acceptors (Lipinski definition) is 5. The Labute approximate surface area is 210 Å². The fourth-order valence-electron chi connectivity index (χ4n) is 3.57. The predicted octanol–water partition coefficient (Wildman–Crippen LogP) is 5.83. The zero-order valence-electron chi connectivity index (χ0n) is 19.3. The number of hydrogen-bond donors (Lipinski definition) is 1. The van der Waals surface area contributed by atoms with Crippen LogP contribution < -0.4 is 10.3 Å². The molecule has 35 heavy (non-hydrogen) atoms. The minimum absolute atomic E-state index is 0.0286. The van der Waals surface area contributed by atoms with E-state index >= 15 is 0 Å². The van der Waals surface area contributed by atoms with Crippen molar-refractivity contribution < 1.29 is 14.6 Å². The van der Waals surface area contributed by atoms with Gasteiger partial charge in [0, 0.05) is 16.0 Å². The van der Waals surface area contributed by atoms with Crippen molar-refractivity contribution >= 4 is 39.0 Å². The average Bonchev–Trinajstić information content (AvgIpc) is 2.87. The summed E-state index contributed by atoms with van der Waals surface area (Å²) in [4.78, 5) is 29.3. The fraction of sp³-hybridized carbons (Fsp3) is 0.185. The van der Waals surface area contributed by atoms with Crippen LogP contribution in [0.5, 0.6) is 5.75 Å². The molecule has 178 valence electrons. The lowest BCUT2D eigenvalue weighted by Crippen LogP contribution is -2.23. The van der Waals surface area contributed by atoms with E-state index in [4.69, 9.17) is 9.72 Å². The van der Waals surface area contributed by atoms with Crippen molar-refractivity contribution in [1.82, 2.24) is 9.66 Å². The Morgan fingerprint density at radius 1 is 1.17 bits per heavy atom. The highest BCUT2D eigenvalue weighted by Gasteiger charge is 2.16. The molecule has 0 aliphatic heterocycles. The second-order valence-corrected chi connectivity index (χ2v) is 9.05. The van der Waals surface area contributed by atoms with Gasteiger partial charge < -0.3 is 9.84 Å². The van der Waals surface area contributed by atoms with Crippen LogP contribution in [0.4, 0.5) is 0 Å². The van der Waals surface area contributed by atoms with E-state index in [0.29, 0.717) is 28.0 Å². The van der Waals surface area contributed by atoms with E-state index in [2.05, 4.69) is 21.0 Å². The lowest BCUT2D eigenvalue weighted by molar-refractivity contribution is 0.0696. The Morgan fingerprint density at radius 3 is 2.74 bits per heavy atom. The smallest absolute Gasteiger partial charge is 0.335 e. The molecule has 4 aromatic rings. The zero-order valence-corrected chi connectivity index (χ0v) is 20.9. The second-order valence-electron chi connectivity index (χ2n) is 8.13. The fourth-order valence-corrected chi connectivity index (χ4v) is 3.93. The lowest BCUT2D eigenvalue weighted by Gasteiger charge is -2.14. The van der Waals surface area contributed by atoms with Gasteiger partial charge in [-0.2, -0.15) is 9.78 Å². The standard InChI is InChI=1S/C27H24BrN3O4/c1-3-17(2)25-30-23-12-11-21(28)14-22(23)26(32)31(25)29-15-20-8-4-5-10-24(20)35-16-18-7-6-9-19(13-18)27(33)34/h4-15,17H,3,16H2,1-2H3,(H,33,34)/t17-/m1/s1. The van der Waals surface area contributed by atoms with Crippen molar-refractivity contribution in [2.75, 3.05) is 0 Å². The van der Waals surface area contributed by atoms with E-state index in [1.165, 1.54) is 10.7 Å². The molecule has 1 N–H and O–H groups in total. The van der Waals surface area contributed by atoms with Crippen molar-refractivity contribution in [2.24, 2.45) is 5.10 Å². The van der Waals surface area contributed by atoms with Crippen molar-refractivity contribution in [2.45, 2.75) is 32.8 Å². The number of ether oxygens (including phenoxy) is 1. The third-order valence-electron chi connectivity index (χ3n) is 5.69. The molecule has 3 aromatic carbocycles. The summed E-state index contributed by atoms with van der Waals surface area (Å²) >= 11 is 3.42. The first kappa shape index (κ1) is 24.3. The molecule has 0 aliphatic carbocycles. The van der Waals surface area contributed by atoms with Gasteiger partial charge in [-0.3, -0.25) is 4.79 Å². The molecule has 0 amide bonds. The molecule has 1 atom stereocenters. The molecule has 1 aromatic heterocycles. The number of fused-ring (bicyclic) bond motifs is 1. The largest absolute Gasteiger partial charge is 0.488 e.